The van der Waals surface area contributed by atoms with Crippen molar-refractivity contribution >= 4 is 26.7 Å². The van der Waals surface area contributed by atoms with Gasteiger partial charge in [-0.2, -0.15) is 0 Å². The van der Waals surface area contributed by atoms with Crippen LogP contribution in [0.5, 0.6) is 0 Å². The summed E-state index contributed by atoms with van der Waals surface area (Å²) in [6.07, 6.45) is 3.65. The normalized spacial score (nSPS) is 12.0. The number of pyridine rings is 1. The maximum atomic E-state index is 13.2. The van der Waals surface area contributed by atoms with Gasteiger partial charge >= 0.3 is 0 Å². The second-order valence-electron chi connectivity index (χ2n) is 10.9. The topological polar surface area (TPSA) is 79.4 Å². The fraction of sp³-hybridized carbons (Fsp3) is 0.312. The lowest BCUT2D eigenvalue weighted by molar-refractivity contribution is -0.118. The molecule has 3 aromatic carbocycles. The van der Waals surface area contributed by atoms with Crippen molar-refractivity contribution in [2.75, 3.05) is 14.1 Å². The summed E-state index contributed by atoms with van der Waals surface area (Å²) in [4.78, 5) is 19.5. The fourth-order valence-corrected chi connectivity index (χ4v) is 6.01. The number of benzene rings is 3. The first-order chi connectivity index (χ1) is 18.5. The molecule has 0 aliphatic carbocycles. The molecule has 0 fully saturated rings. The number of hydrogen-bond acceptors (Lipinski definition) is 5. The van der Waals surface area contributed by atoms with Crippen LogP contribution in [-0.2, 0) is 27.8 Å². The molecule has 0 aliphatic rings. The van der Waals surface area contributed by atoms with E-state index >= 15 is 0 Å². The Hall–Kier alpha value is -3.55. The largest absolute Gasteiger partial charge is 0.305 e. The standard InChI is InChI=1S/C32H37N3O3S/c1-21(2)29-16-25(27-9-7-8-24-19-33-15-14-28(24)27)17-30(22(3)4)31(29)18-32(36)34-39(37,38)26-12-10-23(11-13-26)20-35(5)6/h7-17,19,21-22H,18,20H2,1-6H3,(H,34,36). The lowest BCUT2D eigenvalue weighted by Crippen LogP contribution is -2.32. The van der Waals surface area contributed by atoms with Crippen molar-refractivity contribution in [1.29, 1.82) is 0 Å². The van der Waals surface area contributed by atoms with E-state index in [1.54, 1.807) is 30.5 Å². The predicted octanol–water partition coefficient (Wildman–Crippen LogP) is 6.26. The molecule has 0 spiro atoms. The molecule has 4 aromatic rings. The van der Waals surface area contributed by atoms with E-state index in [4.69, 9.17) is 0 Å². The third kappa shape index (κ3) is 6.54. The number of amides is 1. The summed E-state index contributed by atoms with van der Waals surface area (Å²) in [5, 5.41) is 2.18. The van der Waals surface area contributed by atoms with Gasteiger partial charge in [-0.1, -0.05) is 70.2 Å². The van der Waals surface area contributed by atoms with Gasteiger partial charge in [-0.3, -0.25) is 9.78 Å². The third-order valence-electron chi connectivity index (χ3n) is 6.87. The van der Waals surface area contributed by atoms with Gasteiger partial charge in [0.2, 0.25) is 5.91 Å². The summed E-state index contributed by atoms with van der Waals surface area (Å²) in [6.45, 7) is 9.11. The molecule has 204 valence electrons. The summed E-state index contributed by atoms with van der Waals surface area (Å²) in [7, 11) is -0.0812. The molecule has 0 atom stereocenters. The highest BCUT2D eigenvalue weighted by Gasteiger charge is 2.23. The molecule has 0 radical (unpaired) electrons. The number of carbonyl (C=O) groups excluding carboxylic acids is 1. The monoisotopic (exact) mass is 543 g/mol. The molecule has 0 unspecified atom stereocenters. The number of rotatable bonds is 9. The van der Waals surface area contributed by atoms with Crippen molar-refractivity contribution in [3.8, 4) is 11.1 Å². The molecule has 1 N–H and O–H groups in total. The molecule has 1 aromatic heterocycles. The Bertz CT molecular complexity index is 1560. The highest BCUT2D eigenvalue weighted by molar-refractivity contribution is 7.90. The van der Waals surface area contributed by atoms with Crippen molar-refractivity contribution in [3.63, 3.8) is 0 Å². The van der Waals surface area contributed by atoms with Crippen LogP contribution in [0.3, 0.4) is 0 Å². The van der Waals surface area contributed by atoms with Gasteiger partial charge < -0.3 is 4.90 Å². The first kappa shape index (κ1) is 28.5. The minimum atomic E-state index is -3.99. The summed E-state index contributed by atoms with van der Waals surface area (Å²) in [5.41, 5.74) is 6.16. The van der Waals surface area contributed by atoms with E-state index in [1.807, 2.05) is 43.4 Å². The van der Waals surface area contributed by atoms with Gasteiger partial charge in [-0.15, -0.1) is 0 Å². The number of fused-ring (bicyclic) bond motifs is 1. The minimum absolute atomic E-state index is 0.0152. The van der Waals surface area contributed by atoms with Crippen molar-refractivity contribution in [2.45, 2.75) is 57.4 Å². The van der Waals surface area contributed by atoms with Gasteiger partial charge in [0.05, 0.1) is 11.3 Å². The van der Waals surface area contributed by atoms with Crippen LogP contribution in [0, 0.1) is 0 Å². The first-order valence-corrected chi connectivity index (χ1v) is 14.7. The van der Waals surface area contributed by atoms with E-state index in [-0.39, 0.29) is 23.2 Å². The summed E-state index contributed by atoms with van der Waals surface area (Å²) < 4.78 is 28.3. The molecule has 4 rings (SSSR count). The number of sulfonamides is 1. The van der Waals surface area contributed by atoms with Gasteiger partial charge in [-0.25, -0.2) is 13.1 Å². The van der Waals surface area contributed by atoms with Crippen molar-refractivity contribution in [2.24, 2.45) is 0 Å². The van der Waals surface area contributed by atoms with E-state index in [1.165, 1.54) is 0 Å². The van der Waals surface area contributed by atoms with E-state index in [9.17, 15) is 13.2 Å². The van der Waals surface area contributed by atoms with Crippen LogP contribution in [0.15, 0.2) is 78.0 Å². The van der Waals surface area contributed by atoms with E-state index in [0.717, 1.165) is 44.2 Å². The first-order valence-electron chi connectivity index (χ1n) is 13.3. The average Bonchev–Trinajstić information content (AvgIpc) is 2.87. The predicted molar refractivity (Wildman–Crippen MR) is 158 cm³/mol. The van der Waals surface area contributed by atoms with Gasteiger partial charge in [0, 0.05) is 24.3 Å². The molecule has 39 heavy (non-hydrogen) atoms. The molecule has 6 nitrogen and oxygen atoms in total. The molecule has 0 bridgehead atoms. The highest BCUT2D eigenvalue weighted by Crippen LogP contribution is 2.36. The maximum Gasteiger partial charge on any atom is 0.264 e. The zero-order valence-electron chi connectivity index (χ0n) is 23.5. The molecule has 0 saturated heterocycles. The quantitative estimate of drug-likeness (QED) is 0.270. The molecule has 0 saturated carbocycles. The summed E-state index contributed by atoms with van der Waals surface area (Å²) >= 11 is 0. The molecule has 7 heteroatoms. The molecule has 1 amide bonds. The van der Waals surface area contributed by atoms with E-state index < -0.39 is 15.9 Å². The summed E-state index contributed by atoms with van der Waals surface area (Å²) in [5.74, 6) is -0.259. The maximum absolute atomic E-state index is 13.2. The zero-order valence-corrected chi connectivity index (χ0v) is 24.3. The Morgan fingerprint density at radius 1 is 0.923 bits per heavy atom. The minimum Gasteiger partial charge on any atom is -0.305 e. The lowest BCUT2D eigenvalue weighted by atomic mass is 9.83. The number of aromatic nitrogens is 1. The smallest absolute Gasteiger partial charge is 0.264 e. The van der Waals surface area contributed by atoms with Crippen LogP contribution in [0.4, 0.5) is 0 Å². The number of hydrogen-bond donors (Lipinski definition) is 1. The van der Waals surface area contributed by atoms with Crippen molar-refractivity contribution in [3.05, 3.63) is 95.3 Å². The fourth-order valence-electron chi connectivity index (χ4n) is 5.03. The van der Waals surface area contributed by atoms with Crippen LogP contribution in [0.25, 0.3) is 21.9 Å². The Balaban J connectivity index is 1.68. The van der Waals surface area contributed by atoms with Crippen molar-refractivity contribution < 1.29 is 13.2 Å². The van der Waals surface area contributed by atoms with Crippen LogP contribution in [0.2, 0.25) is 0 Å². The second-order valence-corrected chi connectivity index (χ2v) is 12.6. The number of carbonyl (C=O) groups is 1. The highest BCUT2D eigenvalue weighted by atomic mass is 32.2. The Morgan fingerprint density at radius 3 is 2.15 bits per heavy atom. The van der Waals surface area contributed by atoms with Gasteiger partial charge in [0.25, 0.3) is 10.0 Å². The van der Waals surface area contributed by atoms with E-state index in [0.29, 0.717) is 6.54 Å². The molecule has 0 aliphatic heterocycles. The van der Waals surface area contributed by atoms with E-state index in [2.05, 4.69) is 55.6 Å². The Morgan fingerprint density at radius 2 is 1.56 bits per heavy atom. The molecule has 1 heterocycles. The average molecular weight is 544 g/mol. The van der Waals surface area contributed by atoms with Crippen LogP contribution in [-0.4, -0.2) is 38.3 Å². The van der Waals surface area contributed by atoms with Crippen LogP contribution >= 0.6 is 0 Å². The van der Waals surface area contributed by atoms with Crippen LogP contribution in [0.1, 0.15) is 61.8 Å². The third-order valence-corrected chi connectivity index (χ3v) is 8.26. The Kier molecular flexibility index (Phi) is 8.52. The van der Waals surface area contributed by atoms with Crippen LogP contribution < -0.4 is 4.72 Å². The number of nitrogens with one attached hydrogen (secondary N) is 1. The van der Waals surface area contributed by atoms with Crippen molar-refractivity contribution in [1.82, 2.24) is 14.6 Å². The molecular formula is C32H37N3O3S. The Labute approximate surface area is 232 Å². The SMILES string of the molecule is CC(C)c1cc(-c2cccc3cnccc23)cc(C(C)C)c1CC(=O)NS(=O)(=O)c1ccc(CN(C)C)cc1. The number of nitrogens with zero attached hydrogens (tertiary/aromatic N) is 2. The molecular weight excluding hydrogens is 506 g/mol. The summed E-state index contributed by atoms with van der Waals surface area (Å²) in [6, 6.07) is 19.1. The van der Waals surface area contributed by atoms with Gasteiger partial charge in [0.1, 0.15) is 0 Å². The second kappa shape index (κ2) is 11.7. The zero-order chi connectivity index (χ0) is 28.3. The van der Waals surface area contributed by atoms with Gasteiger partial charge in [0.15, 0.2) is 0 Å². The lowest BCUT2D eigenvalue weighted by Gasteiger charge is -2.22. The van der Waals surface area contributed by atoms with Gasteiger partial charge in [-0.05, 0) is 82.9 Å².